The number of nitrogens with one attached hydrogen (secondary N) is 2. The third-order valence-corrected chi connectivity index (χ3v) is 3.11. The van der Waals surface area contributed by atoms with Crippen molar-refractivity contribution in [3.05, 3.63) is 24.3 Å². The highest BCUT2D eigenvalue weighted by Crippen LogP contribution is 2.26. The highest BCUT2D eigenvalue weighted by Gasteiger charge is 2.11. The van der Waals surface area contributed by atoms with Gasteiger partial charge >= 0.3 is 0 Å². The maximum absolute atomic E-state index is 11.7. The Kier molecular flexibility index (Phi) is 5.31. The number of rotatable bonds is 7. The van der Waals surface area contributed by atoms with Gasteiger partial charge in [-0.2, -0.15) is 4.98 Å². The maximum Gasteiger partial charge on any atom is 0.249 e. The molecule has 0 aliphatic heterocycles. The van der Waals surface area contributed by atoms with Crippen LogP contribution in [0, 0.1) is 0 Å². The minimum absolute atomic E-state index is 0.0611. The summed E-state index contributed by atoms with van der Waals surface area (Å²) in [6.45, 7) is 2.10. The molecule has 0 bridgehead atoms. The van der Waals surface area contributed by atoms with Crippen molar-refractivity contribution in [1.29, 1.82) is 0 Å². The van der Waals surface area contributed by atoms with Gasteiger partial charge in [0, 0.05) is 6.42 Å². The van der Waals surface area contributed by atoms with Gasteiger partial charge < -0.3 is 4.74 Å². The van der Waals surface area contributed by atoms with E-state index in [0.717, 1.165) is 24.8 Å². The Morgan fingerprint density at radius 2 is 2.14 bits per heavy atom. The Morgan fingerprint density at radius 3 is 2.90 bits per heavy atom. The van der Waals surface area contributed by atoms with E-state index in [1.165, 1.54) is 0 Å². The van der Waals surface area contributed by atoms with Crippen LogP contribution in [-0.2, 0) is 4.79 Å². The molecule has 2 rings (SSSR count). The summed E-state index contributed by atoms with van der Waals surface area (Å²) in [5.74, 6) is 1.50. The van der Waals surface area contributed by atoms with Crippen LogP contribution in [0.2, 0.25) is 0 Å². The van der Waals surface area contributed by atoms with Gasteiger partial charge in [0.15, 0.2) is 5.82 Å². The molecular weight excluding hydrogens is 268 g/mol. The highest BCUT2D eigenvalue weighted by molar-refractivity contribution is 5.89. The summed E-state index contributed by atoms with van der Waals surface area (Å²) in [7, 11) is 1.60. The summed E-state index contributed by atoms with van der Waals surface area (Å²) in [6.07, 6.45) is 3.51. The Labute approximate surface area is 123 Å². The van der Waals surface area contributed by atoms with Gasteiger partial charge in [-0.3, -0.25) is 15.2 Å². The molecule has 0 atom stereocenters. The van der Waals surface area contributed by atoms with E-state index in [1.54, 1.807) is 7.11 Å². The van der Waals surface area contributed by atoms with E-state index in [1.807, 2.05) is 24.3 Å². The number of carbonyl (C=O) groups excluding carboxylic acids is 1. The second-order valence-electron chi connectivity index (χ2n) is 4.71. The molecule has 6 nitrogen and oxygen atoms in total. The molecule has 0 aliphatic carbocycles. The van der Waals surface area contributed by atoms with Crippen LogP contribution in [0.5, 0.6) is 5.75 Å². The van der Waals surface area contributed by atoms with Gasteiger partial charge in [-0.1, -0.05) is 31.9 Å². The largest absolute Gasteiger partial charge is 0.496 e. The Morgan fingerprint density at radius 1 is 1.33 bits per heavy atom. The quantitative estimate of drug-likeness (QED) is 0.767. The third kappa shape index (κ3) is 4.05. The van der Waals surface area contributed by atoms with E-state index >= 15 is 0 Å². The van der Waals surface area contributed by atoms with Gasteiger partial charge in [0.05, 0.1) is 12.7 Å². The van der Waals surface area contributed by atoms with Gasteiger partial charge in [-0.15, -0.1) is 5.10 Å². The number of para-hydroxylation sites is 1. The molecule has 0 radical (unpaired) electrons. The van der Waals surface area contributed by atoms with E-state index in [2.05, 4.69) is 27.4 Å². The molecule has 1 amide bonds. The van der Waals surface area contributed by atoms with Crippen LogP contribution in [0.25, 0.3) is 11.4 Å². The van der Waals surface area contributed by atoms with Crippen molar-refractivity contribution in [3.8, 4) is 17.1 Å². The number of aromatic nitrogens is 3. The Balaban J connectivity index is 2.03. The SMILES string of the molecule is CCCCCC(=O)Nc1n[nH]c(-c2ccccc2OC)n1. The molecule has 6 heteroatoms. The van der Waals surface area contributed by atoms with Gasteiger partial charge in [-0.25, -0.2) is 0 Å². The van der Waals surface area contributed by atoms with Gasteiger partial charge in [-0.05, 0) is 18.6 Å². The van der Waals surface area contributed by atoms with Crippen molar-refractivity contribution in [2.75, 3.05) is 12.4 Å². The average Bonchev–Trinajstić information content (AvgIpc) is 2.95. The molecule has 1 aromatic heterocycles. The minimum Gasteiger partial charge on any atom is -0.496 e. The predicted molar refractivity (Wildman–Crippen MR) is 81.1 cm³/mol. The lowest BCUT2D eigenvalue weighted by Crippen LogP contribution is -2.12. The van der Waals surface area contributed by atoms with Crippen LogP contribution in [0.3, 0.4) is 0 Å². The van der Waals surface area contributed by atoms with Gasteiger partial charge in [0.25, 0.3) is 0 Å². The molecule has 0 spiro atoms. The number of H-pyrrole nitrogens is 1. The first-order valence-electron chi connectivity index (χ1n) is 7.10. The zero-order valence-corrected chi connectivity index (χ0v) is 12.3. The monoisotopic (exact) mass is 288 g/mol. The molecular formula is C15H20N4O2. The molecule has 1 heterocycles. The number of nitrogens with zero attached hydrogens (tertiary/aromatic N) is 2. The second-order valence-corrected chi connectivity index (χ2v) is 4.71. The van der Waals surface area contributed by atoms with Crippen molar-refractivity contribution in [1.82, 2.24) is 15.2 Å². The molecule has 0 saturated carbocycles. The van der Waals surface area contributed by atoms with Crippen LogP contribution in [0.15, 0.2) is 24.3 Å². The summed E-state index contributed by atoms with van der Waals surface area (Å²) in [5.41, 5.74) is 0.805. The van der Waals surface area contributed by atoms with Crippen LogP contribution < -0.4 is 10.1 Å². The Hall–Kier alpha value is -2.37. The first-order valence-corrected chi connectivity index (χ1v) is 7.10. The van der Waals surface area contributed by atoms with Gasteiger partial charge in [0.1, 0.15) is 5.75 Å². The van der Waals surface area contributed by atoms with Crippen LogP contribution >= 0.6 is 0 Å². The highest BCUT2D eigenvalue weighted by atomic mass is 16.5. The topological polar surface area (TPSA) is 79.9 Å². The van der Waals surface area contributed by atoms with E-state index in [0.29, 0.717) is 18.0 Å². The lowest BCUT2D eigenvalue weighted by molar-refractivity contribution is -0.116. The second kappa shape index (κ2) is 7.42. The molecule has 21 heavy (non-hydrogen) atoms. The van der Waals surface area contributed by atoms with E-state index < -0.39 is 0 Å². The summed E-state index contributed by atoms with van der Waals surface area (Å²) in [4.78, 5) is 16.0. The average molecular weight is 288 g/mol. The van der Waals surface area contributed by atoms with E-state index in [9.17, 15) is 4.79 Å². The smallest absolute Gasteiger partial charge is 0.249 e. The number of benzene rings is 1. The van der Waals surface area contributed by atoms with Crippen molar-refractivity contribution in [2.45, 2.75) is 32.6 Å². The number of hydrogen-bond donors (Lipinski definition) is 2. The molecule has 2 N–H and O–H groups in total. The van der Waals surface area contributed by atoms with Crippen molar-refractivity contribution in [2.24, 2.45) is 0 Å². The molecule has 0 saturated heterocycles. The predicted octanol–water partition coefficient (Wildman–Crippen LogP) is 3.00. The van der Waals surface area contributed by atoms with E-state index in [4.69, 9.17) is 4.74 Å². The standard InChI is InChI=1S/C15H20N4O2/c1-3-4-5-10-13(20)16-15-17-14(18-19-15)11-8-6-7-9-12(11)21-2/h6-9H,3-5,10H2,1-2H3,(H2,16,17,18,19,20). The normalized spacial score (nSPS) is 10.4. The van der Waals surface area contributed by atoms with Crippen LogP contribution in [-0.4, -0.2) is 28.2 Å². The maximum atomic E-state index is 11.7. The zero-order valence-electron chi connectivity index (χ0n) is 12.3. The summed E-state index contributed by atoms with van der Waals surface area (Å²) < 4.78 is 5.28. The van der Waals surface area contributed by atoms with Crippen molar-refractivity contribution in [3.63, 3.8) is 0 Å². The number of carbonyl (C=O) groups is 1. The summed E-state index contributed by atoms with van der Waals surface area (Å²) in [5, 5.41) is 9.52. The summed E-state index contributed by atoms with van der Waals surface area (Å²) in [6, 6.07) is 7.51. The third-order valence-electron chi connectivity index (χ3n) is 3.11. The van der Waals surface area contributed by atoms with Crippen molar-refractivity contribution < 1.29 is 9.53 Å². The molecule has 0 aliphatic rings. The van der Waals surface area contributed by atoms with Crippen LogP contribution in [0.1, 0.15) is 32.6 Å². The zero-order chi connectivity index (χ0) is 15.1. The fourth-order valence-corrected chi connectivity index (χ4v) is 2.00. The number of hydrogen-bond acceptors (Lipinski definition) is 4. The fourth-order valence-electron chi connectivity index (χ4n) is 2.00. The first-order chi connectivity index (χ1) is 10.2. The first kappa shape index (κ1) is 15.0. The molecule has 1 aromatic carbocycles. The molecule has 0 unspecified atom stereocenters. The number of anilines is 1. The number of methoxy groups -OCH3 is 1. The fraction of sp³-hybridized carbons (Fsp3) is 0.400. The van der Waals surface area contributed by atoms with E-state index in [-0.39, 0.29) is 11.9 Å². The molecule has 0 fully saturated rings. The van der Waals surface area contributed by atoms with Gasteiger partial charge in [0.2, 0.25) is 11.9 Å². The van der Waals surface area contributed by atoms with Crippen molar-refractivity contribution >= 4 is 11.9 Å². The number of ether oxygens (including phenoxy) is 1. The molecule has 2 aromatic rings. The number of amides is 1. The lowest BCUT2D eigenvalue weighted by atomic mass is 10.2. The number of aromatic amines is 1. The Bertz CT molecular complexity index is 595. The lowest BCUT2D eigenvalue weighted by Gasteiger charge is -2.04. The number of unbranched alkanes of at least 4 members (excludes halogenated alkanes) is 2. The molecule has 112 valence electrons. The van der Waals surface area contributed by atoms with Crippen LogP contribution in [0.4, 0.5) is 5.95 Å². The summed E-state index contributed by atoms with van der Waals surface area (Å²) >= 11 is 0. The minimum atomic E-state index is -0.0611.